The number of likely N-dealkylation sites (tertiary alicyclic amines) is 1. The summed E-state index contributed by atoms with van der Waals surface area (Å²) in [5.41, 5.74) is 1.13. The summed E-state index contributed by atoms with van der Waals surface area (Å²) in [6.07, 6.45) is 2.55. The van der Waals surface area contributed by atoms with Crippen LogP contribution in [0.5, 0.6) is 0 Å². The van der Waals surface area contributed by atoms with Gasteiger partial charge in [0.15, 0.2) is 0 Å². The van der Waals surface area contributed by atoms with Crippen LogP contribution in [0.3, 0.4) is 0 Å². The van der Waals surface area contributed by atoms with Crippen LogP contribution in [-0.2, 0) is 0 Å². The Hall–Kier alpha value is -1.16. The van der Waals surface area contributed by atoms with Gasteiger partial charge >= 0.3 is 0 Å². The first-order chi connectivity index (χ1) is 9.19. The van der Waals surface area contributed by atoms with Crippen molar-refractivity contribution in [1.29, 1.82) is 0 Å². The molecular weight excluding hydrogens is 236 g/mol. The first kappa shape index (κ1) is 11.6. The van der Waals surface area contributed by atoms with E-state index in [0.717, 1.165) is 23.4 Å². The van der Waals surface area contributed by atoms with E-state index >= 15 is 0 Å². The minimum atomic E-state index is 0.645. The zero-order chi connectivity index (χ0) is 13.0. The SMILES string of the molecule is Cc1cc(N2CC3CN(C)CC3C2)nc(C2CC2)n1. The minimum Gasteiger partial charge on any atom is -0.356 e. The van der Waals surface area contributed by atoms with Gasteiger partial charge in [-0.25, -0.2) is 9.97 Å². The molecule has 3 fully saturated rings. The summed E-state index contributed by atoms with van der Waals surface area (Å²) in [6.45, 7) is 6.95. The van der Waals surface area contributed by atoms with Crippen LogP contribution in [0, 0.1) is 18.8 Å². The van der Waals surface area contributed by atoms with E-state index in [1.165, 1.54) is 44.8 Å². The summed E-state index contributed by atoms with van der Waals surface area (Å²) in [5, 5.41) is 0. The van der Waals surface area contributed by atoms with E-state index in [4.69, 9.17) is 4.98 Å². The predicted octanol–water partition coefficient (Wildman–Crippen LogP) is 1.66. The third-order valence-electron chi connectivity index (χ3n) is 4.79. The van der Waals surface area contributed by atoms with E-state index in [2.05, 4.69) is 34.8 Å². The number of nitrogens with zero attached hydrogens (tertiary/aromatic N) is 4. The number of hydrogen-bond donors (Lipinski definition) is 0. The van der Waals surface area contributed by atoms with E-state index in [-0.39, 0.29) is 0 Å². The highest BCUT2D eigenvalue weighted by Crippen LogP contribution is 2.39. The maximum atomic E-state index is 4.83. The Morgan fingerprint density at radius 3 is 2.37 bits per heavy atom. The lowest BCUT2D eigenvalue weighted by atomic mass is 10.0. The molecule has 1 saturated carbocycles. The lowest BCUT2D eigenvalue weighted by molar-refractivity contribution is 0.387. The van der Waals surface area contributed by atoms with Crippen molar-refractivity contribution in [1.82, 2.24) is 14.9 Å². The molecule has 2 unspecified atom stereocenters. The Morgan fingerprint density at radius 1 is 1.05 bits per heavy atom. The van der Waals surface area contributed by atoms with Gasteiger partial charge in [0.05, 0.1) is 0 Å². The van der Waals surface area contributed by atoms with Gasteiger partial charge in [0.2, 0.25) is 0 Å². The van der Waals surface area contributed by atoms with Gasteiger partial charge in [0.1, 0.15) is 11.6 Å². The standard InChI is InChI=1S/C15H22N4/c1-10-5-14(17-15(16-10)11-3-4-11)19-8-12-6-18(2)7-13(12)9-19/h5,11-13H,3-4,6-9H2,1-2H3. The molecule has 4 heteroatoms. The molecule has 19 heavy (non-hydrogen) atoms. The molecule has 1 aromatic heterocycles. The molecule has 0 aromatic carbocycles. The molecule has 2 aliphatic heterocycles. The molecule has 3 aliphatic rings. The molecule has 1 aromatic rings. The maximum absolute atomic E-state index is 4.83. The molecule has 0 radical (unpaired) electrons. The summed E-state index contributed by atoms with van der Waals surface area (Å²) >= 11 is 0. The van der Waals surface area contributed by atoms with Crippen LogP contribution in [0.25, 0.3) is 0 Å². The Bertz CT molecular complexity index is 483. The third kappa shape index (κ3) is 2.12. The molecule has 0 amide bonds. The van der Waals surface area contributed by atoms with E-state index < -0.39 is 0 Å². The topological polar surface area (TPSA) is 32.3 Å². The van der Waals surface area contributed by atoms with E-state index in [1.807, 2.05) is 0 Å². The highest BCUT2D eigenvalue weighted by Gasteiger charge is 2.39. The minimum absolute atomic E-state index is 0.645. The molecule has 2 atom stereocenters. The van der Waals surface area contributed by atoms with E-state index in [9.17, 15) is 0 Å². The maximum Gasteiger partial charge on any atom is 0.134 e. The molecular formula is C15H22N4. The summed E-state index contributed by atoms with van der Waals surface area (Å²) < 4.78 is 0. The first-order valence-electron chi connectivity index (χ1n) is 7.48. The quantitative estimate of drug-likeness (QED) is 0.807. The van der Waals surface area contributed by atoms with Crippen molar-refractivity contribution in [2.75, 3.05) is 38.1 Å². The predicted molar refractivity (Wildman–Crippen MR) is 75.4 cm³/mol. The Balaban J connectivity index is 1.57. The van der Waals surface area contributed by atoms with Gasteiger partial charge in [-0.1, -0.05) is 0 Å². The lowest BCUT2D eigenvalue weighted by Crippen LogP contribution is -2.27. The van der Waals surface area contributed by atoms with Gasteiger partial charge in [0.25, 0.3) is 0 Å². The molecule has 0 spiro atoms. The molecule has 0 N–H and O–H groups in total. The molecule has 3 heterocycles. The van der Waals surface area contributed by atoms with Crippen LogP contribution in [0.2, 0.25) is 0 Å². The number of rotatable bonds is 2. The summed E-state index contributed by atoms with van der Waals surface area (Å²) in [5.74, 6) is 4.58. The van der Waals surface area contributed by atoms with Crippen LogP contribution >= 0.6 is 0 Å². The Labute approximate surface area is 114 Å². The fourth-order valence-electron chi connectivity index (χ4n) is 3.68. The van der Waals surface area contributed by atoms with Crippen molar-refractivity contribution in [3.8, 4) is 0 Å². The van der Waals surface area contributed by atoms with Gasteiger partial charge in [-0.05, 0) is 38.6 Å². The van der Waals surface area contributed by atoms with E-state index in [1.54, 1.807) is 0 Å². The molecule has 0 bridgehead atoms. The molecule has 2 saturated heterocycles. The summed E-state index contributed by atoms with van der Waals surface area (Å²) in [7, 11) is 2.24. The van der Waals surface area contributed by atoms with Crippen LogP contribution in [-0.4, -0.2) is 48.1 Å². The molecule has 102 valence electrons. The smallest absolute Gasteiger partial charge is 0.134 e. The number of hydrogen-bond acceptors (Lipinski definition) is 4. The fraction of sp³-hybridized carbons (Fsp3) is 0.733. The molecule has 4 nitrogen and oxygen atoms in total. The van der Waals surface area contributed by atoms with Crippen LogP contribution in [0.1, 0.15) is 30.3 Å². The average molecular weight is 258 g/mol. The second kappa shape index (κ2) is 4.17. The Morgan fingerprint density at radius 2 is 1.74 bits per heavy atom. The summed E-state index contributed by atoms with van der Waals surface area (Å²) in [6, 6.07) is 2.16. The van der Waals surface area contributed by atoms with Gasteiger partial charge in [-0.2, -0.15) is 0 Å². The lowest BCUT2D eigenvalue weighted by Gasteiger charge is -2.21. The highest BCUT2D eigenvalue weighted by molar-refractivity contribution is 5.42. The summed E-state index contributed by atoms with van der Waals surface area (Å²) in [4.78, 5) is 14.4. The number of fused-ring (bicyclic) bond motifs is 1. The van der Waals surface area contributed by atoms with Gasteiger partial charge in [-0.15, -0.1) is 0 Å². The zero-order valence-corrected chi connectivity index (χ0v) is 11.8. The molecule has 4 rings (SSSR count). The normalized spacial score (nSPS) is 30.9. The van der Waals surface area contributed by atoms with Crippen LogP contribution in [0.4, 0.5) is 5.82 Å². The monoisotopic (exact) mass is 258 g/mol. The van der Waals surface area contributed by atoms with E-state index in [0.29, 0.717) is 5.92 Å². The fourth-order valence-corrected chi connectivity index (χ4v) is 3.68. The van der Waals surface area contributed by atoms with Crippen molar-refractivity contribution in [3.05, 3.63) is 17.6 Å². The largest absolute Gasteiger partial charge is 0.356 e. The van der Waals surface area contributed by atoms with Gasteiger partial charge in [-0.3, -0.25) is 0 Å². The molecule has 1 aliphatic carbocycles. The number of aromatic nitrogens is 2. The number of aryl methyl sites for hydroxylation is 1. The van der Waals surface area contributed by atoms with Crippen LogP contribution < -0.4 is 4.90 Å². The first-order valence-corrected chi connectivity index (χ1v) is 7.48. The second-order valence-electron chi connectivity index (χ2n) is 6.65. The van der Waals surface area contributed by atoms with Crippen molar-refractivity contribution in [2.24, 2.45) is 11.8 Å². The van der Waals surface area contributed by atoms with Crippen molar-refractivity contribution in [3.63, 3.8) is 0 Å². The Kier molecular flexibility index (Phi) is 2.56. The average Bonchev–Trinajstić information content (AvgIpc) is 3.05. The van der Waals surface area contributed by atoms with Crippen molar-refractivity contribution in [2.45, 2.75) is 25.7 Å². The zero-order valence-electron chi connectivity index (χ0n) is 11.8. The second-order valence-corrected chi connectivity index (χ2v) is 6.65. The van der Waals surface area contributed by atoms with Crippen molar-refractivity contribution < 1.29 is 0 Å². The van der Waals surface area contributed by atoms with Crippen LogP contribution in [0.15, 0.2) is 6.07 Å². The van der Waals surface area contributed by atoms with Gasteiger partial charge < -0.3 is 9.80 Å². The van der Waals surface area contributed by atoms with Crippen molar-refractivity contribution >= 4 is 5.82 Å². The third-order valence-corrected chi connectivity index (χ3v) is 4.79. The van der Waals surface area contributed by atoms with Gasteiger partial charge in [0, 0.05) is 43.9 Å². The highest BCUT2D eigenvalue weighted by atomic mass is 15.3. The number of anilines is 1.